The lowest BCUT2D eigenvalue weighted by Crippen LogP contribution is -2.41. The number of rotatable bonds is 4. The van der Waals surface area contributed by atoms with Crippen LogP contribution in [0.5, 0.6) is 0 Å². The van der Waals surface area contributed by atoms with Crippen LogP contribution in [0.2, 0.25) is 0 Å². The molecule has 1 aliphatic rings. The molecular formula is C20H21BrFNO3. The van der Waals surface area contributed by atoms with Gasteiger partial charge in [0, 0.05) is 12.5 Å². The normalized spacial score (nSPS) is 22.5. The largest absolute Gasteiger partial charge is 0.445 e. The molecule has 1 amide bonds. The van der Waals surface area contributed by atoms with Crippen LogP contribution in [0.3, 0.4) is 0 Å². The number of carbonyl (C=O) groups excluding carboxylic acids is 1. The second kappa shape index (κ2) is 8.18. The number of nitrogens with zero attached hydrogens (tertiary/aromatic N) is 1. The van der Waals surface area contributed by atoms with Gasteiger partial charge in [0.1, 0.15) is 12.4 Å². The Morgan fingerprint density at radius 2 is 2.00 bits per heavy atom. The van der Waals surface area contributed by atoms with Gasteiger partial charge in [0.2, 0.25) is 0 Å². The van der Waals surface area contributed by atoms with E-state index in [0.29, 0.717) is 16.6 Å². The fourth-order valence-corrected chi connectivity index (χ4v) is 3.70. The van der Waals surface area contributed by atoms with E-state index in [1.165, 1.54) is 4.90 Å². The van der Waals surface area contributed by atoms with Gasteiger partial charge in [-0.25, -0.2) is 9.18 Å². The van der Waals surface area contributed by atoms with Gasteiger partial charge < -0.3 is 14.7 Å². The molecule has 1 N–H and O–H groups in total. The Balaban J connectivity index is 1.72. The zero-order chi connectivity index (χ0) is 18.7. The van der Waals surface area contributed by atoms with Gasteiger partial charge in [-0.05, 0) is 39.5 Å². The third-order valence-electron chi connectivity index (χ3n) is 4.76. The summed E-state index contributed by atoms with van der Waals surface area (Å²) in [4.78, 5) is 14.1. The maximum atomic E-state index is 14.3. The Morgan fingerprint density at radius 3 is 2.73 bits per heavy atom. The van der Waals surface area contributed by atoms with Crippen molar-refractivity contribution in [3.05, 3.63) is 69.9 Å². The van der Waals surface area contributed by atoms with Crippen molar-refractivity contribution < 1.29 is 19.0 Å². The zero-order valence-electron chi connectivity index (χ0n) is 14.4. The molecule has 4 nitrogen and oxygen atoms in total. The first-order valence-electron chi connectivity index (χ1n) is 8.55. The fourth-order valence-electron chi connectivity index (χ4n) is 3.29. The molecule has 0 spiro atoms. The molecule has 1 saturated heterocycles. The number of amides is 1. The van der Waals surface area contributed by atoms with E-state index in [4.69, 9.17) is 4.74 Å². The summed E-state index contributed by atoms with van der Waals surface area (Å²) in [7, 11) is 0. The van der Waals surface area contributed by atoms with Crippen molar-refractivity contribution in [2.75, 3.05) is 6.54 Å². The molecule has 0 aliphatic carbocycles. The number of carbonyl (C=O) groups is 1. The van der Waals surface area contributed by atoms with Gasteiger partial charge in [0.25, 0.3) is 0 Å². The van der Waals surface area contributed by atoms with Crippen LogP contribution in [0, 0.1) is 11.7 Å². The SMILES string of the molecule is CC1CN(C(=O)OCc2ccccc2)C(Cc2cccc(Br)c2F)C1O. The van der Waals surface area contributed by atoms with E-state index in [-0.39, 0.29) is 24.8 Å². The molecule has 2 aromatic carbocycles. The van der Waals surface area contributed by atoms with Crippen LogP contribution >= 0.6 is 15.9 Å². The number of likely N-dealkylation sites (tertiary alicyclic amines) is 1. The summed E-state index contributed by atoms with van der Waals surface area (Å²) in [6.07, 6.45) is -0.979. The average molecular weight is 422 g/mol. The predicted molar refractivity (Wildman–Crippen MR) is 100 cm³/mol. The lowest BCUT2D eigenvalue weighted by molar-refractivity contribution is 0.0682. The lowest BCUT2D eigenvalue weighted by Gasteiger charge is -2.26. The van der Waals surface area contributed by atoms with E-state index in [0.717, 1.165) is 5.56 Å². The first-order chi connectivity index (χ1) is 12.5. The number of ether oxygens (including phenoxy) is 1. The molecule has 138 valence electrons. The first kappa shape index (κ1) is 18.9. The molecular weight excluding hydrogens is 401 g/mol. The predicted octanol–water partition coefficient (Wildman–Crippen LogP) is 4.15. The summed E-state index contributed by atoms with van der Waals surface area (Å²) in [6, 6.07) is 13.9. The van der Waals surface area contributed by atoms with Crippen LogP contribution in [-0.4, -0.2) is 34.8 Å². The molecule has 6 heteroatoms. The molecule has 0 saturated carbocycles. The zero-order valence-corrected chi connectivity index (χ0v) is 16.0. The molecule has 0 aromatic heterocycles. The van der Waals surface area contributed by atoms with Crippen molar-refractivity contribution in [1.82, 2.24) is 4.90 Å². The molecule has 3 unspecified atom stereocenters. The monoisotopic (exact) mass is 421 g/mol. The molecule has 3 atom stereocenters. The van der Waals surface area contributed by atoms with Crippen molar-refractivity contribution in [3.63, 3.8) is 0 Å². The summed E-state index contributed by atoms with van der Waals surface area (Å²) in [5.74, 6) is -0.462. The Kier molecular flexibility index (Phi) is 5.94. The third-order valence-corrected chi connectivity index (χ3v) is 5.37. The van der Waals surface area contributed by atoms with Gasteiger partial charge in [0.05, 0.1) is 16.6 Å². The highest BCUT2D eigenvalue weighted by Crippen LogP contribution is 2.29. The smallest absolute Gasteiger partial charge is 0.410 e. The Bertz CT molecular complexity index is 771. The molecule has 26 heavy (non-hydrogen) atoms. The summed E-state index contributed by atoms with van der Waals surface area (Å²) < 4.78 is 20.1. The summed E-state index contributed by atoms with van der Waals surface area (Å²) in [6.45, 7) is 2.42. The number of aliphatic hydroxyl groups excluding tert-OH is 1. The van der Waals surface area contributed by atoms with Gasteiger partial charge in [-0.2, -0.15) is 0 Å². The standard InChI is InChI=1S/C20H21BrFNO3/c1-13-11-23(20(25)26-12-14-6-3-2-4-7-14)17(19(13)24)10-15-8-5-9-16(21)18(15)22/h2-9,13,17,19,24H,10-12H2,1H3. The third kappa shape index (κ3) is 4.07. The van der Waals surface area contributed by atoms with Gasteiger partial charge in [0.15, 0.2) is 0 Å². The number of aliphatic hydroxyl groups is 1. The fraction of sp³-hybridized carbons (Fsp3) is 0.350. The Morgan fingerprint density at radius 1 is 1.27 bits per heavy atom. The van der Waals surface area contributed by atoms with Crippen LogP contribution < -0.4 is 0 Å². The van der Waals surface area contributed by atoms with E-state index in [2.05, 4.69) is 15.9 Å². The highest BCUT2D eigenvalue weighted by Gasteiger charge is 2.42. The number of halogens is 2. The van der Waals surface area contributed by atoms with E-state index >= 15 is 0 Å². The highest BCUT2D eigenvalue weighted by atomic mass is 79.9. The minimum Gasteiger partial charge on any atom is -0.445 e. The molecule has 1 fully saturated rings. The van der Waals surface area contributed by atoms with Crippen molar-refractivity contribution in [2.24, 2.45) is 5.92 Å². The molecule has 3 rings (SSSR count). The van der Waals surface area contributed by atoms with Gasteiger partial charge in [-0.3, -0.25) is 0 Å². The van der Waals surface area contributed by atoms with E-state index < -0.39 is 18.2 Å². The van der Waals surface area contributed by atoms with E-state index in [1.54, 1.807) is 18.2 Å². The molecule has 1 aliphatic heterocycles. The molecule has 0 radical (unpaired) electrons. The van der Waals surface area contributed by atoms with Crippen molar-refractivity contribution >= 4 is 22.0 Å². The number of hydrogen-bond donors (Lipinski definition) is 1. The summed E-state index contributed by atoms with van der Waals surface area (Å²) in [5, 5.41) is 10.5. The van der Waals surface area contributed by atoms with Crippen LogP contribution in [0.4, 0.5) is 9.18 Å². The van der Waals surface area contributed by atoms with E-state index in [1.807, 2.05) is 37.3 Å². The lowest BCUT2D eigenvalue weighted by atomic mass is 9.97. The molecule has 0 bridgehead atoms. The first-order valence-corrected chi connectivity index (χ1v) is 9.35. The number of hydrogen-bond acceptors (Lipinski definition) is 3. The van der Waals surface area contributed by atoms with Gasteiger partial charge >= 0.3 is 6.09 Å². The van der Waals surface area contributed by atoms with Gasteiger partial charge in [-0.15, -0.1) is 0 Å². The van der Waals surface area contributed by atoms with Crippen molar-refractivity contribution in [2.45, 2.75) is 32.1 Å². The second-order valence-electron chi connectivity index (χ2n) is 6.64. The average Bonchev–Trinajstić information content (AvgIpc) is 2.93. The van der Waals surface area contributed by atoms with Crippen LogP contribution in [0.1, 0.15) is 18.1 Å². The second-order valence-corrected chi connectivity index (χ2v) is 7.50. The quantitative estimate of drug-likeness (QED) is 0.806. The minimum atomic E-state index is -0.724. The minimum absolute atomic E-state index is 0.0977. The summed E-state index contributed by atoms with van der Waals surface area (Å²) in [5.41, 5.74) is 1.35. The molecule has 2 aromatic rings. The Hall–Kier alpha value is -1.92. The van der Waals surface area contributed by atoms with Crippen LogP contribution in [0.25, 0.3) is 0 Å². The van der Waals surface area contributed by atoms with E-state index in [9.17, 15) is 14.3 Å². The Labute approximate surface area is 160 Å². The maximum absolute atomic E-state index is 14.3. The highest BCUT2D eigenvalue weighted by molar-refractivity contribution is 9.10. The number of benzene rings is 2. The topological polar surface area (TPSA) is 49.8 Å². The maximum Gasteiger partial charge on any atom is 0.410 e. The van der Waals surface area contributed by atoms with Crippen LogP contribution in [0.15, 0.2) is 53.0 Å². The van der Waals surface area contributed by atoms with Crippen molar-refractivity contribution in [3.8, 4) is 0 Å². The van der Waals surface area contributed by atoms with Gasteiger partial charge in [-0.1, -0.05) is 49.4 Å². The van der Waals surface area contributed by atoms with Crippen LogP contribution in [-0.2, 0) is 17.8 Å². The summed E-state index contributed by atoms with van der Waals surface area (Å²) >= 11 is 3.17. The molecule has 1 heterocycles. The van der Waals surface area contributed by atoms with Crippen molar-refractivity contribution in [1.29, 1.82) is 0 Å².